The van der Waals surface area contributed by atoms with Gasteiger partial charge in [-0.15, -0.1) is 0 Å². The summed E-state index contributed by atoms with van der Waals surface area (Å²) in [5.41, 5.74) is 2.35. The number of ether oxygens (including phenoxy) is 1. The Labute approximate surface area is 221 Å². The van der Waals surface area contributed by atoms with Gasteiger partial charge in [-0.2, -0.15) is 0 Å². The Morgan fingerprint density at radius 3 is 2.81 bits per heavy atom. The summed E-state index contributed by atoms with van der Waals surface area (Å²) in [4.78, 5) is 32.1. The Hall–Kier alpha value is -3.52. The predicted molar refractivity (Wildman–Crippen MR) is 142 cm³/mol. The average Bonchev–Trinajstić information content (AvgIpc) is 3.24. The van der Waals surface area contributed by atoms with Crippen molar-refractivity contribution in [1.29, 1.82) is 0 Å². The van der Waals surface area contributed by atoms with Crippen LogP contribution >= 0.6 is 11.8 Å². The number of hydrogen-bond donors (Lipinski definition) is 1. The van der Waals surface area contributed by atoms with Crippen molar-refractivity contribution in [2.45, 2.75) is 62.1 Å². The number of carboxylic acid groups (broad SMARTS) is 1. The minimum atomic E-state index is -1.05. The molecule has 0 saturated heterocycles. The van der Waals surface area contributed by atoms with E-state index in [9.17, 15) is 14.7 Å². The molecular formula is C29H32N2O5S. The number of aromatic nitrogens is 1. The summed E-state index contributed by atoms with van der Waals surface area (Å²) in [6, 6.07) is 14.4. The number of aliphatic carboxylic acids is 1. The fourth-order valence-corrected chi connectivity index (χ4v) is 5.14. The van der Waals surface area contributed by atoms with E-state index in [4.69, 9.17) is 9.15 Å². The van der Waals surface area contributed by atoms with Gasteiger partial charge < -0.3 is 19.2 Å². The van der Waals surface area contributed by atoms with E-state index in [0.717, 1.165) is 41.2 Å². The number of unbranched alkanes of at least 4 members (excludes halogenated alkanes) is 2. The number of aryl methyl sites for hydroxylation is 1. The normalized spacial score (nSPS) is 15.1. The number of allylic oxidation sites excluding steroid dienone is 1. The molecule has 1 atom stereocenters. The van der Waals surface area contributed by atoms with E-state index in [1.807, 2.05) is 55.5 Å². The van der Waals surface area contributed by atoms with E-state index in [1.165, 1.54) is 22.7 Å². The molecule has 8 heteroatoms. The summed E-state index contributed by atoms with van der Waals surface area (Å²) in [5, 5.41) is 10.6. The van der Waals surface area contributed by atoms with Gasteiger partial charge in [-0.25, -0.2) is 9.78 Å². The van der Waals surface area contributed by atoms with Crippen molar-refractivity contribution >= 4 is 23.6 Å². The van der Waals surface area contributed by atoms with Crippen molar-refractivity contribution in [2.75, 3.05) is 13.2 Å². The molecule has 1 aliphatic heterocycles. The maximum absolute atomic E-state index is 12.8. The molecule has 1 aliphatic rings. The lowest BCUT2D eigenvalue weighted by molar-refractivity contribution is -0.149. The molecule has 1 unspecified atom stereocenters. The molecule has 0 fully saturated rings. The van der Waals surface area contributed by atoms with Gasteiger partial charge in [0.1, 0.15) is 11.5 Å². The fourth-order valence-electron chi connectivity index (χ4n) is 4.32. The molecule has 3 aromatic rings. The van der Waals surface area contributed by atoms with Crippen LogP contribution in [0.25, 0.3) is 0 Å². The van der Waals surface area contributed by atoms with Crippen LogP contribution in [0.4, 0.5) is 0 Å². The van der Waals surface area contributed by atoms with Crippen LogP contribution in [0.15, 0.2) is 75.2 Å². The van der Waals surface area contributed by atoms with Crippen LogP contribution < -0.4 is 4.74 Å². The fraction of sp³-hybridized carbons (Fsp3) is 0.345. The Kier molecular flexibility index (Phi) is 9.06. The average molecular weight is 521 g/mol. The lowest BCUT2D eigenvalue weighted by Crippen LogP contribution is -2.42. The highest BCUT2D eigenvalue weighted by molar-refractivity contribution is 7.99. The number of rotatable bonds is 11. The van der Waals surface area contributed by atoms with Crippen LogP contribution in [0.3, 0.4) is 0 Å². The van der Waals surface area contributed by atoms with Gasteiger partial charge in [0.2, 0.25) is 5.91 Å². The zero-order chi connectivity index (χ0) is 26.2. The van der Waals surface area contributed by atoms with Crippen molar-refractivity contribution < 1.29 is 23.8 Å². The highest BCUT2D eigenvalue weighted by atomic mass is 32.2. The van der Waals surface area contributed by atoms with Gasteiger partial charge in [0.15, 0.2) is 6.04 Å². The van der Waals surface area contributed by atoms with Gasteiger partial charge in [0, 0.05) is 17.9 Å². The van der Waals surface area contributed by atoms with Crippen LogP contribution in [0.5, 0.6) is 5.75 Å². The third kappa shape index (κ3) is 6.83. The van der Waals surface area contributed by atoms with Crippen molar-refractivity contribution in [3.05, 3.63) is 83.3 Å². The number of carbonyl (C=O) groups excluding carboxylic acids is 1. The van der Waals surface area contributed by atoms with Crippen molar-refractivity contribution in [1.82, 2.24) is 9.88 Å². The Bertz CT molecular complexity index is 1250. The Morgan fingerprint density at radius 1 is 1.24 bits per heavy atom. The molecule has 0 spiro atoms. The van der Waals surface area contributed by atoms with Crippen molar-refractivity contribution in [3.8, 4) is 5.75 Å². The minimum Gasteiger partial charge on any atom is -0.493 e. The first-order chi connectivity index (χ1) is 18.0. The lowest BCUT2D eigenvalue weighted by atomic mass is 9.92. The zero-order valence-electron chi connectivity index (χ0n) is 21.2. The quantitative estimate of drug-likeness (QED) is 0.244. The van der Waals surface area contributed by atoms with Gasteiger partial charge in [0.05, 0.1) is 12.3 Å². The molecule has 0 radical (unpaired) electrons. The predicted octanol–water partition coefficient (Wildman–Crippen LogP) is 6.01. The number of hydrogen-bond acceptors (Lipinski definition) is 6. The lowest BCUT2D eigenvalue weighted by Gasteiger charge is -2.34. The summed E-state index contributed by atoms with van der Waals surface area (Å²) in [5.74, 6) is -0.00129. The van der Waals surface area contributed by atoms with Crippen LogP contribution in [-0.2, 0) is 22.4 Å². The van der Waals surface area contributed by atoms with E-state index in [0.29, 0.717) is 42.5 Å². The van der Waals surface area contributed by atoms with Gasteiger partial charge in [-0.3, -0.25) is 4.79 Å². The third-order valence-electron chi connectivity index (χ3n) is 6.28. The number of nitrogens with zero attached hydrogens (tertiary/aromatic N) is 2. The van der Waals surface area contributed by atoms with Crippen LogP contribution in [0.2, 0.25) is 0 Å². The van der Waals surface area contributed by atoms with E-state index in [2.05, 4.69) is 11.9 Å². The van der Waals surface area contributed by atoms with Crippen LogP contribution in [-0.4, -0.2) is 40.0 Å². The van der Waals surface area contributed by atoms with E-state index in [-0.39, 0.29) is 5.91 Å². The molecule has 4 rings (SSSR count). The number of amides is 1. The van der Waals surface area contributed by atoms with Crippen LogP contribution in [0.1, 0.15) is 54.8 Å². The molecule has 0 aliphatic carbocycles. The Morgan fingerprint density at radius 2 is 2.05 bits per heavy atom. The molecule has 2 aromatic carbocycles. The highest BCUT2D eigenvalue weighted by Crippen LogP contribution is 2.33. The SMILES string of the molecule is CCCCC=CC(=O)N1CCc2ccc(OCCc3nc(Sc4ccccc4)oc3C)cc2C1C(=O)O. The maximum Gasteiger partial charge on any atom is 0.331 e. The molecule has 0 bridgehead atoms. The van der Waals surface area contributed by atoms with Crippen LogP contribution in [0, 0.1) is 6.92 Å². The first-order valence-corrected chi connectivity index (χ1v) is 13.4. The van der Waals surface area contributed by atoms with Crippen molar-refractivity contribution in [3.63, 3.8) is 0 Å². The number of carboxylic acids is 1. The topological polar surface area (TPSA) is 92.9 Å². The standard InChI is InChI=1S/C29H32N2O5S/c1-3-4-5-9-12-26(32)31-17-15-21-13-14-22(19-24(21)27(31)28(33)34)35-18-16-25-20(2)36-29(30-25)37-23-10-7-6-8-11-23/h6-14,19,27H,3-5,15-18H2,1-2H3,(H,33,34). The number of oxazole rings is 1. The molecule has 37 heavy (non-hydrogen) atoms. The number of fused-ring (bicyclic) bond motifs is 1. The smallest absolute Gasteiger partial charge is 0.331 e. The summed E-state index contributed by atoms with van der Waals surface area (Å²) in [6.45, 7) is 4.71. The third-order valence-corrected chi connectivity index (χ3v) is 7.13. The molecule has 1 amide bonds. The Balaban J connectivity index is 1.41. The van der Waals surface area contributed by atoms with E-state index < -0.39 is 12.0 Å². The molecule has 2 heterocycles. The van der Waals surface area contributed by atoms with Gasteiger partial charge in [0.25, 0.3) is 5.22 Å². The first-order valence-electron chi connectivity index (χ1n) is 12.6. The summed E-state index contributed by atoms with van der Waals surface area (Å²) < 4.78 is 11.8. The van der Waals surface area contributed by atoms with E-state index in [1.54, 1.807) is 6.07 Å². The molecule has 1 aromatic heterocycles. The molecule has 1 N–H and O–H groups in total. The number of carbonyl (C=O) groups is 2. The van der Waals surface area contributed by atoms with Gasteiger partial charge >= 0.3 is 5.97 Å². The van der Waals surface area contributed by atoms with E-state index >= 15 is 0 Å². The second-order valence-corrected chi connectivity index (χ2v) is 9.95. The highest BCUT2D eigenvalue weighted by Gasteiger charge is 2.35. The second-order valence-electron chi connectivity index (χ2n) is 8.92. The molecular weight excluding hydrogens is 488 g/mol. The number of benzene rings is 2. The summed E-state index contributed by atoms with van der Waals surface area (Å²) >= 11 is 1.47. The summed E-state index contributed by atoms with van der Waals surface area (Å²) in [6.07, 6.45) is 7.33. The van der Waals surface area contributed by atoms with Gasteiger partial charge in [-0.1, -0.05) is 50.1 Å². The molecule has 0 saturated carbocycles. The summed E-state index contributed by atoms with van der Waals surface area (Å²) in [7, 11) is 0. The van der Waals surface area contributed by atoms with Crippen molar-refractivity contribution in [2.24, 2.45) is 0 Å². The minimum absolute atomic E-state index is 0.272. The van der Waals surface area contributed by atoms with Gasteiger partial charge in [-0.05, 0) is 73.0 Å². The second kappa shape index (κ2) is 12.6. The largest absolute Gasteiger partial charge is 0.493 e. The first kappa shape index (κ1) is 26.5. The maximum atomic E-state index is 12.8. The zero-order valence-corrected chi connectivity index (χ0v) is 22.0. The molecule has 194 valence electrons. The monoisotopic (exact) mass is 520 g/mol. The molecule has 7 nitrogen and oxygen atoms in total.